The first-order chi connectivity index (χ1) is 5.59. The molecule has 1 heterocycles. The quantitative estimate of drug-likeness (QED) is 0.583. The average molecular weight is 169 g/mol. The number of anilines is 1. The Morgan fingerprint density at radius 3 is 2.75 bits per heavy atom. The van der Waals surface area contributed by atoms with Gasteiger partial charge >= 0.3 is 5.97 Å². The Hall–Kier alpha value is -1.85. The van der Waals surface area contributed by atoms with Gasteiger partial charge in [-0.2, -0.15) is 0 Å². The molecule has 12 heavy (non-hydrogen) atoms. The Morgan fingerprint density at radius 1 is 1.67 bits per heavy atom. The molecule has 0 radical (unpaired) electrons. The number of carboxylic acids is 1. The second kappa shape index (κ2) is 3.04. The predicted octanol–water partition coefficient (Wildman–Crippen LogP) is 0.0663. The Bertz CT molecular complexity index is 318. The van der Waals surface area contributed by atoms with Crippen LogP contribution in [0.4, 0.5) is 5.95 Å². The lowest BCUT2D eigenvalue weighted by atomic mass is 10.5. The van der Waals surface area contributed by atoms with Gasteiger partial charge in [0.1, 0.15) is 5.69 Å². The summed E-state index contributed by atoms with van der Waals surface area (Å²) < 4.78 is 0. The fraction of sp³-hybridized carbons (Fsp3) is 0.167. The Balaban J connectivity index is 2.77. The molecule has 64 valence electrons. The molecule has 0 fully saturated rings. The van der Waals surface area contributed by atoms with Crippen LogP contribution in [0.1, 0.15) is 17.4 Å². The summed E-state index contributed by atoms with van der Waals surface area (Å²) in [6.07, 6.45) is 1.13. The molecule has 1 aromatic heterocycles. The van der Waals surface area contributed by atoms with Crippen molar-refractivity contribution in [2.45, 2.75) is 6.92 Å². The van der Waals surface area contributed by atoms with Crippen LogP contribution in [0.3, 0.4) is 0 Å². The normalized spacial score (nSPS) is 9.42. The van der Waals surface area contributed by atoms with Crippen LogP contribution in [-0.4, -0.2) is 27.0 Å². The Kier molecular flexibility index (Phi) is 2.09. The van der Waals surface area contributed by atoms with Crippen LogP contribution < -0.4 is 5.32 Å². The standard InChI is InChI=1S/C6H7N3O3/c1-3(10)8-6-7-2-4(9-6)5(11)12/h2H,1H3,(H,11,12)(H2,7,8,9,10). The molecule has 0 atom stereocenters. The van der Waals surface area contributed by atoms with Crippen LogP contribution in [0.25, 0.3) is 0 Å². The van der Waals surface area contributed by atoms with E-state index in [4.69, 9.17) is 5.11 Å². The second-order valence-corrected chi connectivity index (χ2v) is 2.13. The number of hydrogen-bond acceptors (Lipinski definition) is 3. The van der Waals surface area contributed by atoms with Gasteiger partial charge in [0.2, 0.25) is 11.9 Å². The first-order valence-electron chi connectivity index (χ1n) is 3.15. The van der Waals surface area contributed by atoms with Gasteiger partial charge in [0.05, 0.1) is 6.20 Å². The Labute approximate surface area is 67.6 Å². The van der Waals surface area contributed by atoms with Gasteiger partial charge in [-0.15, -0.1) is 0 Å². The van der Waals surface area contributed by atoms with Crippen LogP contribution in [0.5, 0.6) is 0 Å². The molecule has 0 saturated carbocycles. The third kappa shape index (κ3) is 1.82. The van der Waals surface area contributed by atoms with E-state index in [1.54, 1.807) is 0 Å². The van der Waals surface area contributed by atoms with Gasteiger partial charge < -0.3 is 10.1 Å². The highest BCUT2D eigenvalue weighted by Gasteiger charge is 2.06. The van der Waals surface area contributed by atoms with Gasteiger partial charge in [0.15, 0.2) is 0 Å². The minimum atomic E-state index is -1.11. The number of carbonyl (C=O) groups is 2. The first kappa shape index (κ1) is 8.25. The van der Waals surface area contributed by atoms with Crippen molar-refractivity contribution in [3.05, 3.63) is 11.9 Å². The summed E-state index contributed by atoms with van der Waals surface area (Å²) in [5.74, 6) is -1.28. The first-order valence-corrected chi connectivity index (χ1v) is 3.15. The van der Waals surface area contributed by atoms with E-state index >= 15 is 0 Å². The van der Waals surface area contributed by atoms with Crippen molar-refractivity contribution in [1.29, 1.82) is 0 Å². The smallest absolute Gasteiger partial charge is 0.354 e. The number of rotatable bonds is 2. The summed E-state index contributed by atoms with van der Waals surface area (Å²) in [5.41, 5.74) is -0.0567. The molecule has 6 heteroatoms. The number of aromatic amines is 1. The van der Waals surface area contributed by atoms with Crippen molar-refractivity contribution in [1.82, 2.24) is 9.97 Å². The molecule has 0 unspecified atom stereocenters. The number of aromatic nitrogens is 2. The number of aromatic carboxylic acids is 1. The minimum absolute atomic E-state index is 0.0567. The number of nitrogens with one attached hydrogen (secondary N) is 2. The van der Waals surface area contributed by atoms with Crippen molar-refractivity contribution in [3.63, 3.8) is 0 Å². The number of imidazole rings is 1. The molecule has 0 saturated heterocycles. The lowest BCUT2D eigenvalue weighted by Gasteiger charge is -1.93. The number of carbonyl (C=O) groups excluding carboxylic acids is 1. The molecule has 0 spiro atoms. The van der Waals surface area contributed by atoms with Crippen LogP contribution in [0.2, 0.25) is 0 Å². The number of hydrogen-bond donors (Lipinski definition) is 3. The van der Waals surface area contributed by atoms with E-state index in [2.05, 4.69) is 15.3 Å². The van der Waals surface area contributed by atoms with Gasteiger partial charge in [-0.1, -0.05) is 0 Å². The summed E-state index contributed by atoms with van der Waals surface area (Å²) in [5, 5.41) is 10.8. The van der Waals surface area contributed by atoms with Crippen molar-refractivity contribution in [2.24, 2.45) is 0 Å². The van der Waals surface area contributed by atoms with Gasteiger partial charge in [0.25, 0.3) is 0 Å². The van der Waals surface area contributed by atoms with E-state index < -0.39 is 5.97 Å². The molecule has 0 aliphatic rings. The molecule has 1 aromatic rings. The average Bonchev–Trinajstić information content (AvgIpc) is 2.34. The van der Waals surface area contributed by atoms with Gasteiger partial charge in [-0.3, -0.25) is 10.1 Å². The van der Waals surface area contributed by atoms with Crippen molar-refractivity contribution >= 4 is 17.8 Å². The maximum atomic E-state index is 10.5. The zero-order valence-corrected chi connectivity index (χ0v) is 6.29. The van der Waals surface area contributed by atoms with Crippen LogP contribution >= 0.6 is 0 Å². The number of amides is 1. The molecular formula is C6H7N3O3. The predicted molar refractivity (Wildman–Crippen MR) is 39.9 cm³/mol. The van der Waals surface area contributed by atoms with E-state index in [1.165, 1.54) is 6.92 Å². The SMILES string of the molecule is CC(=O)Nc1ncc(C(=O)O)[nH]1. The van der Waals surface area contributed by atoms with Crippen LogP contribution in [-0.2, 0) is 4.79 Å². The summed E-state index contributed by atoms with van der Waals surface area (Å²) in [6, 6.07) is 0. The highest BCUT2D eigenvalue weighted by molar-refractivity contribution is 5.89. The van der Waals surface area contributed by atoms with E-state index in [9.17, 15) is 9.59 Å². The highest BCUT2D eigenvalue weighted by atomic mass is 16.4. The van der Waals surface area contributed by atoms with E-state index in [-0.39, 0.29) is 17.5 Å². The number of nitrogens with zero attached hydrogens (tertiary/aromatic N) is 1. The fourth-order valence-electron chi connectivity index (χ4n) is 0.660. The molecular weight excluding hydrogens is 162 g/mol. The third-order valence-electron chi connectivity index (χ3n) is 1.10. The maximum absolute atomic E-state index is 10.5. The zero-order chi connectivity index (χ0) is 9.14. The van der Waals surface area contributed by atoms with Gasteiger partial charge in [-0.05, 0) is 0 Å². The molecule has 0 bridgehead atoms. The van der Waals surface area contributed by atoms with E-state index in [0.717, 1.165) is 6.20 Å². The maximum Gasteiger partial charge on any atom is 0.354 e. The molecule has 6 nitrogen and oxygen atoms in total. The van der Waals surface area contributed by atoms with Gasteiger partial charge in [-0.25, -0.2) is 9.78 Å². The summed E-state index contributed by atoms with van der Waals surface area (Å²) >= 11 is 0. The van der Waals surface area contributed by atoms with Gasteiger partial charge in [0, 0.05) is 6.92 Å². The monoisotopic (exact) mass is 169 g/mol. The second-order valence-electron chi connectivity index (χ2n) is 2.13. The van der Waals surface area contributed by atoms with E-state index in [0.29, 0.717) is 0 Å². The molecule has 1 rings (SSSR count). The molecule has 0 aliphatic carbocycles. The molecule has 3 N–H and O–H groups in total. The van der Waals surface area contributed by atoms with E-state index in [1.807, 2.05) is 0 Å². The third-order valence-corrected chi connectivity index (χ3v) is 1.10. The fourth-order valence-corrected chi connectivity index (χ4v) is 0.660. The zero-order valence-electron chi connectivity index (χ0n) is 6.29. The molecule has 1 amide bonds. The molecule has 0 aromatic carbocycles. The lowest BCUT2D eigenvalue weighted by molar-refractivity contribution is -0.114. The summed E-state index contributed by atoms with van der Waals surface area (Å²) in [4.78, 5) is 26.8. The van der Waals surface area contributed by atoms with Crippen molar-refractivity contribution in [3.8, 4) is 0 Å². The lowest BCUT2D eigenvalue weighted by Crippen LogP contribution is -2.07. The highest BCUT2D eigenvalue weighted by Crippen LogP contribution is 2.01. The largest absolute Gasteiger partial charge is 0.477 e. The number of H-pyrrole nitrogens is 1. The molecule has 0 aliphatic heterocycles. The summed E-state index contributed by atoms with van der Waals surface area (Å²) in [7, 11) is 0. The Morgan fingerprint density at radius 2 is 2.33 bits per heavy atom. The topological polar surface area (TPSA) is 95.1 Å². The number of carboxylic acid groups (broad SMARTS) is 1. The van der Waals surface area contributed by atoms with Crippen molar-refractivity contribution < 1.29 is 14.7 Å². The summed E-state index contributed by atoms with van der Waals surface area (Å²) in [6.45, 7) is 1.31. The van der Waals surface area contributed by atoms with Crippen molar-refractivity contribution in [2.75, 3.05) is 5.32 Å². The van der Waals surface area contributed by atoms with Crippen LogP contribution in [0, 0.1) is 0 Å². The minimum Gasteiger partial charge on any atom is -0.477 e. The van der Waals surface area contributed by atoms with Crippen LogP contribution in [0.15, 0.2) is 6.20 Å².